The maximum atomic E-state index is 2.57. The lowest BCUT2D eigenvalue weighted by molar-refractivity contribution is 0.505. The Morgan fingerprint density at radius 3 is 0.438 bits per heavy atom. The molecule has 12 aromatic carbocycles. The van der Waals surface area contributed by atoms with Crippen LogP contribution >= 0.6 is 0 Å². The summed E-state index contributed by atoms with van der Waals surface area (Å²) in [5, 5.41) is 0. The van der Waals surface area contributed by atoms with E-state index in [9.17, 15) is 0 Å². The van der Waals surface area contributed by atoms with Crippen molar-refractivity contribution in [1.82, 2.24) is 9.80 Å². The first-order valence-corrected chi connectivity index (χ1v) is 48.3. The van der Waals surface area contributed by atoms with Crippen molar-refractivity contribution in [2.45, 2.75) is 326 Å². The summed E-state index contributed by atoms with van der Waals surface area (Å²) in [6, 6.07) is 19.4. The van der Waals surface area contributed by atoms with E-state index < -0.39 is 21.7 Å². The fraction of sp³-hybridized carbons (Fsp3) is 0.429. The number of benzene rings is 12. The van der Waals surface area contributed by atoms with Gasteiger partial charge >= 0.3 is 0 Å². The third-order valence-corrected chi connectivity index (χ3v) is 35.8. The van der Waals surface area contributed by atoms with Crippen molar-refractivity contribution in [1.29, 1.82) is 0 Å². The highest BCUT2D eigenvalue weighted by molar-refractivity contribution is 6.04. The average Bonchev–Trinajstić information content (AvgIpc) is 1.42. The SMILES string of the molecule is CC.CC.CN(C)C.CN(C)C.Cc1c(C)c(C)c2c(c1C)-c1c(C)c(C)c(C)c(C)c1C21c2ccccc2C2(c3c(C)c(C)c(C)c(C)c3-c3c(C)c(C)c(C)c(C)c32)c2c(C)c(C)c(C)c(C)c21.Cc1c(C)c(C)c2c(c1C)-c1ccccc1C21c2c(C)c(C)c(C)c(C)c2C2(c3c(C)c(C)c(C)c(C)c3-c3c(C)c(C)c(C)c(C)c32)c2c(C)c(C)c(C)c(C)c21. The van der Waals surface area contributed by atoms with Crippen LogP contribution in [-0.2, 0) is 21.7 Å². The van der Waals surface area contributed by atoms with Crippen molar-refractivity contribution in [3.05, 3.63) is 360 Å². The molecule has 0 aromatic heterocycles. The molecule has 0 unspecified atom stereocenters. The standard InChI is InChI=1S/2C58H64.2C3H9N.2C2H6/c1-25-29(5)39(15)51-47(35(25)11)48-36(12)26(2)30(6)40(16)52(48)57(51)45-23-21-22-24-46(45)58(56-44(20)34(10)33(9)43(19)55(56)57)53-41(17)31(7)27(3)37(13)49(53)50-38(14)28(4)32(8)42(18)54(50)58;1-25-28(4)38(14)50-47(35(25)11)45-23-21-22-24-46(45)57(50)53-41(17)31(7)33(9)43(19)55(53)58(56-44(20)34(10)32(8)42(18)54(56)57)51-39(15)29(5)26(2)36(12)48(51)49-37(13)27(3)30(6)40(16)52(49)58;2*1-4(2)3;2*1-2/h2*21-24H,1-20H3;2*1-3H3;2*1-2H3. The van der Waals surface area contributed by atoms with Crippen LogP contribution in [0.2, 0.25) is 0 Å². The van der Waals surface area contributed by atoms with Gasteiger partial charge in [-0.25, -0.2) is 0 Å². The van der Waals surface area contributed by atoms with Crippen molar-refractivity contribution in [2.75, 3.05) is 42.3 Å². The quantitative estimate of drug-likeness (QED) is 0.149. The van der Waals surface area contributed by atoms with E-state index in [4.69, 9.17) is 0 Å². The molecule has 128 heavy (non-hydrogen) atoms. The molecule has 18 rings (SSSR count). The van der Waals surface area contributed by atoms with Crippen LogP contribution in [0.4, 0.5) is 0 Å². The molecule has 0 heterocycles. The zero-order chi connectivity index (χ0) is 95.8. The van der Waals surface area contributed by atoms with Gasteiger partial charge < -0.3 is 9.80 Å². The Balaban J connectivity index is 0.000000195. The summed E-state index contributed by atoms with van der Waals surface area (Å²) in [5.74, 6) is 0. The Bertz CT molecular complexity index is 6350. The lowest BCUT2D eigenvalue weighted by atomic mass is 9.47. The topological polar surface area (TPSA) is 6.48 Å². The number of nitrogens with zero attached hydrogens (tertiary/aromatic N) is 2. The first-order chi connectivity index (χ1) is 59.8. The number of hydrogen-bond donors (Lipinski definition) is 0. The van der Waals surface area contributed by atoms with Crippen molar-refractivity contribution in [2.24, 2.45) is 0 Å². The third-order valence-electron chi connectivity index (χ3n) is 35.8. The van der Waals surface area contributed by atoms with Gasteiger partial charge in [-0.3, -0.25) is 0 Å². The molecule has 6 aliphatic carbocycles. The van der Waals surface area contributed by atoms with Crippen LogP contribution in [0.15, 0.2) is 48.5 Å². The summed E-state index contributed by atoms with van der Waals surface area (Å²) in [4.78, 5) is 4.00. The molecule has 12 aromatic rings. The summed E-state index contributed by atoms with van der Waals surface area (Å²) < 4.78 is 0. The second-order valence-electron chi connectivity index (χ2n) is 41.3. The predicted molar refractivity (Wildman–Crippen MR) is 561 cm³/mol. The van der Waals surface area contributed by atoms with Crippen LogP contribution in [0.5, 0.6) is 0 Å². The Hall–Kier alpha value is -9.44. The van der Waals surface area contributed by atoms with Gasteiger partial charge in [0.05, 0.1) is 21.7 Å². The van der Waals surface area contributed by atoms with E-state index in [-0.39, 0.29) is 0 Å². The molecule has 0 bridgehead atoms. The Kier molecular flexibility index (Phi) is 24.7. The minimum atomic E-state index is -0.526. The van der Waals surface area contributed by atoms with Crippen LogP contribution in [0, 0.1) is 277 Å². The Labute approximate surface area is 777 Å². The monoisotopic (exact) mass is 1700 g/mol. The Morgan fingerprint density at radius 1 is 0.133 bits per heavy atom. The van der Waals surface area contributed by atoms with Gasteiger partial charge in [0.2, 0.25) is 0 Å². The van der Waals surface area contributed by atoms with E-state index in [0.29, 0.717) is 0 Å². The van der Waals surface area contributed by atoms with E-state index in [2.05, 4.69) is 325 Å². The van der Waals surface area contributed by atoms with Gasteiger partial charge in [0.1, 0.15) is 0 Å². The fourth-order valence-electron chi connectivity index (χ4n) is 26.7. The summed E-state index contributed by atoms with van der Waals surface area (Å²) in [6.07, 6.45) is 0. The maximum Gasteiger partial charge on any atom is 0.0731 e. The first kappa shape index (κ1) is 96.1. The minimum absolute atomic E-state index is 0.510. The average molecular weight is 1700 g/mol. The molecule has 0 amide bonds. The second-order valence-corrected chi connectivity index (χ2v) is 41.3. The zero-order valence-electron chi connectivity index (χ0n) is 89.5. The molecule has 0 atom stereocenters. The van der Waals surface area contributed by atoms with Crippen LogP contribution in [0.3, 0.4) is 0 Å². The van der Waals surface area contributed by atoms with Gasteiger partial charge in [-0.15, -0.1) is 0 Å². The number of rotatable bonds is 0. The lowest BCUT2D eigenvalue weighted by Gasteiger charge is -2.53. The summed E-state index contributed by atoms with van der Waals surface area (Å²) in [6.45, 7) is 105. The molecular formula is C126H158N2. The molecule has 2 heteroatoms. The van der Waals surface area contributed by atoms with Crippen LogP contribution in [0.25, 0.3) is 44.5 Å². The van der Waals surface area contributed by atoms with E-state index in [1.807, 2.05) is 79.8 Å². The molecular weight excluding hydrogens is 1540 g/mol. The van der Waals surface area contributed by atoms with Gasteiger partial charge in [0, 0.05) is 0 Å². The van der Waals surface area contributed by atoms with Gasteiger partial charge in [-0.1, -0.05) is 76.2 Å². The molecule has 0 fully saturated rings. The highest BCUT2D eigenvalue weighted by Gasteiger charge is 2.66. The highest BCUT2D eigenvalue weighted by Crippen LogP contribution is 2.76. The van der Waals surface area contributed by atoms with Crippen molar-refractivity contribution in [3.8, 4) is 44.5 Å². The summed E-state index contributed by atoms with van der Waals surface area (Å²) in [7, 11) is 12.0. The molecule has 0 radical (unpaired) electrons. The second kappa shape index (κ2) is 32.8. The molecule has 2 nitrogen and oxygen atoms in total. The summed E-state index contributed by atoms with van der Waals surface area (Å²) in [5.41, 5.74) is 91.4. The molecule has 672 valence electrons. The largest absolute Gasteiger partial charge is 0.312 e. The third kappa shape index (κ3) is 11.7. The molecule has 0 saturated carbocycles. The summed E-state index contributed by atoms with van der Waals surface area (Å²) >= 11 is 0. The lowest BCUT2D eigenvalue weighted by Crippen LogP contribution is -2.48. The molecule has 0 saturated heterocycles. The maximum absolute atomic E-state index is 2.57. The smallest absolute Gasteiger partial charge is 0.0731 e. The van der Waals surface area contributed by atoms with Gasteiger partial charge in [-0.2, -0.15) is 0 Å². The van der Waals surface area contributed by atoms with Gasteiger partial charge in [0.15, 0.2) is 0 Å². The molecule has 4 spiro atoms. The number of hydrogen-bond acceptors (Lipinski definition) is 2. The minimum Gasteiger partial charge on any atom is -0.312 e. The van der Waals surface area contributed by atoms with Gasteiger partial charge in [0.25, 0.3) is 0 Å². The van der Waals surface area contributed by atoms with E-state index in [1.54, 1.807) is 11.1 Å². The first-order valence-electron chi connectivity index (χ1n) is 48.3. The number of fused-ring (bicyclic) bond motifs is 32. The molecule has 0 aliphatic heterocycles. The predicted octanol–water partition coefficient (Wildman–Crippen LogP) is 32.2. The highest BCUT2D eigenvalue weighted by atomic mass is 15.0. The van der Waals surface area contributed by atoms with Crippen LogP contribution in [0.1, 0.15) is 339 Å². The van der Waals surface area contributed by atoms with E-state index >= 15 is 0 Å². The molecule has 0 N–H and O–H groups in total. The normalized spacial score (nSPS) is 14.1. The van der Waals surface area contributed by atoms with Crippen molar-refractivity contribution in [3.63, 3.8) is 0 Å². The van der Waals surface area contributed by atoms with E-state index in [1.165, 1.54) is 345 Å². The van der Waals surface area contributed by atoms with Crippen LogP contribution < -0.4 is 0 Å². The zero-order valence-corrected chi connectivity index (χ0v) is 89.5. The Morgan fingerprint density at radius 2 is 0.250 bits per heavy atom. The van der Waals surface area contributed by atoms with Crippen molar-refractivity contribution < 1.29 is 0 Å². The van der Waals surface area contributed by atoms with Crippen LogP contribution in [-0.4, -0.2) is 52.1 Å². The van der Waals surface area contributed by atoms with Crippen molar-refractivity contribution >= 4 is 0 Å². The van der Waals surface area contributed by atoms with E-state index in [0.717, 1.165) is 0 Å². The molecule has 6 aliphatic rings. The fourth-order valence-corrected chi connectivity index (χ4v) is 26.7. The van der Waals surface area contributed by atoms with Gasteiger partial charge in [-0.05, 0) is 675 Å².